The number of sulfonamides is 1. The van der Waals surface area contributed by atoms with Crippen molar-refractivity contribution in [2.24, 2.45) is 0 Å². The Balaban J connectivity index is 1.70. The van der Waals surface area contributed by atoms with Crippen LogP contribution in [0.15, 0.2) is 72.8 Å². The summed E-state index contributed by atoms with van der Waals surface area (Å²) in [5.74, 6) is 0.399. The highest BCUT2D eigenvalue weighted by Crippen LogP contribution is 2.43. The summed E-state index contributed by atoms with van der Waals surface area (Å²) in [5.41, 5.74) is 3.23. The molecule has 0 saturated carbocycles. The Morgan fingerprint density at radius 2 is 1.64 bits per heavy atom. The number of benzene rings is 3. The predicted octanol–water partition coefficient (Wildman–Crippen LogP) is 4.60. The molecule has 0 unspecified atom stereocenters. The first kappa shape index (κ1) is 25.2. The molecular weight excluding hydrogens is 478 g/mol. The average molecular weight is 508 g/mol. The monoisotopic (exact) mass is 507 g/mol. The van der Waals surface area contributed by atoms with Crippen LogP contribution >= 0.6 is 0 Å². The Labute approximate surface area is 211 Å². The van der Waals surface area contributed by atoms with E-state index in [0.717, 1.165) is 17.5 Å². The molecule has 1 heterocycles. The van der Waals surface area contributed by atoms with Crippen LogP contribution in [-0.2, 0) is 14.8 Å². The fourth-order valence-corrected chi connectivity index (χ4v) is 5.26. The number of hydrogen-bond donors (Lipinski definition) is 1. The van der Waals surface area contributed by atoms with Gasteiger partial charge in [0.25, 0.3) is 5.91 Å². The number of anilines is 3. The van der Waals surface area contributed by atoms with Gasteiger partial charge < -0.3 is 14.5 Å². The van der Waals surface area contributed by atoms with E-state index in [4.69, 9.17) is 4.74 Å². The molecule has 2 amide bonds. The van der Waals surface area contributed by atoms with Crippen molar-refractivity contribution in [3.05, 3.63) is 83.9 Å². The second-order valence-corrected chi connectivity index (χ2v) is 10.6. The van der Waals surface area contributed by atoms with Gasteiger partial charge in [0.1, 0.15) is 5.75 Å². The number of fused-ring (bicyclic) bond motifs is 1. The van der Waals surface area contributed by atoms with Crippen LogP contribution in [0.5, 0.6) is 5.75 Å². The fraction of sp³-hybridized carbons (Fsp3) is 0.259. The summed E-state index contributed by atoms with van der Waals surface area (Å²) in [5, 5.41) is 0. The summed E-state index contributed by atoms with van der Waals surface area (Å²) in [6.07, 6.45) is 1.62. The largest absolute Gasteiger partial charge is 0.497 e. The molecule has 36 heavy (non-hydrogen) atoms. The maximum absolute atomic E-state index is 13.6. The number of amides is 2. The maximum Gasteiger partial charge on any atom is 0.258 e. The highest BCUT2D eigenvalue weighted by Gasteiger charge is 2.38. The third-order valence-electron chi connectivity index (χ3n) is 6.22. The smallest absolute Gasteiger partial charge is 0.258 e. The predicted molar refractivity (Wildman–Crippen MR) is 141 cm³/mol. The van der Waals surface area contributed by atoms with E-state index in [0.29, 0.717) is 29.1 Å². The molecule has 2 atom stereocenters. The van der Waals surface area contributed by atoms with Crippen molar-refractivity contribution in [2.45, 2.75) is 32.4 Å². The van der Waals surface area contributed by atoms with Crippen LogP contribution in [0, 0.1) is 0 Å². The molecule has 8 nitrogen and oxygen atoms in total. The van der Waals surface area contributed by atoms with Crippen LogP contribution in [0.3, 0.4) is 0 Å². The van der Waals surface area contributed by atoms with Crippen molar-refractivity contribution in [2.75, 3.05) is 27.9 Å². The lowest BCUT2D eigenvalue weighted by Gasteiger charge is -2.43. The van der Waals surface area contributed by atoms with E-state index in [1.165, 1.54) is 6.92 Å². The van der Waals surface area contributed by atoms with Crippen molar-refractivity contribution in [1.29, 1.82) is 0 Å². The molecule has 0 radical (unpaired) electrons. The normalized spacial score (nSPS) is 17.2. The molecule has 4 rings (SSSR count). The van der Waals surface area contributed by atoms with E-state index in [9.17, 15) is 18.0 Å². The van der Waals surface area contributed by atoms with E-state index >= 15 is 0 Å². The number of carbonyl (C=O) groups excluding carboxylic acids is 2. The average Bonchev–Trinajstić information content (AvgIpc) is 2.84. The van der Waals surface area contributed by atoms with E-state index in [1.807, 2.05) is 31.2 Å². The van der Waals surface area contributed by atoms with Gasteiger partial charge in [-0.05, 0) is 73.5 Å². The standard InChI is InChI=1S/C27H29N3O5S/c1-18-17-26(30(19(2)31)22-13-11-21(12-14-22)28-36(4,33)34)24-7-5-6-8-25(24)29(18)27(32)20-9-15-23(35-3)16-10-20/h5-16,18,26,28H,17H2,1-4H3/t18-,26+/m0/s1. The lowest BCUT2D eigenvalue weighted by atomic mass is 9.89. The first-order chi connectivity index (χ1) is 17.1. The number of nitrogens with zero attached hydrogens (tertiary/aromatic N) is 2. The molecule has 9 heteroatoms. The Bertz CT molecular complexity index is 1370. The van der Waals surface area contributed by atoms with Crippen molar-refractivity contribution in [1.82, 2.24) is 0 Å². The zero-order chi connectivity index (χ0) is 26.0. The summed E-state index contributed by atoms with van der Waals surface area (Å²) in [6.45, 7) is 3.48. The van der Waals surface area contributed by atoms with Crippen LogP contribution < -0.4 is 19.3 Å². The molecular formula is C27H29N3O5S. The second-order valence-electron chi connectivity index (χ2n) is 8.87. The van der Waals surface area contributed by atoms with Gasteiger partial charge in [0, 0.05) is 35.6 Å². The molecule has 1 N–H and O–H groups in total. The number of nitrogens with one attached hydrogen (secondary N) is 1. The van der Waals surface area contributed by atoms with Gasteiger partial charge in [-0.2, -0.15) is 0 Å². The quantitative estimate of drug-likeness (QED) is 0.526. The van der Waals surface area contributed by atoms with Gasteiger partial charge in [0.15, 0.2) is 0 Å². The van der Waals surface area contributed by atoms with Crippen LogP contribution in [-0.4, -0.2) is 39.6 Å². The summed E-state index contributed by atoms with van der Waals surface area (Å²) in [4.78, 5) is 29.9. The number of rotatable bonds is 6. The van der Waals surface area contributed by atoms with Gasteiger partial charge in [-0.3, -0.25) is 14.3 Å². The molecule has 0 saturated heterocycles. The van der Waals surface area contributed by atoms with Crippen LogP contribution in [0.25, 0.3) is 0 Å². The molecule has 1 aliphatic heterocycles. The third kappa shape index (κ3) is 5.21. The minimum absolute atomic E-state index is 0.123. The van der Waals surface area contributed by atoms with Gasteiger partial charge in [0.2, 0.25) is 15.9 Å². The van der Waals surface area contributed by atoms with Crippen molar-refractivity contribution < 1.29 is 22.7 Å². The van der Waals surface area contributed by atoms with Gasteiger partial charge in [-0.15, -0.1) is 0 Å². The maximum atomic E-state index is 13.6. The molecule has 0 spiro atoms. The summed E-state index contributed by atoms with van der Waals surface area (Å²) in [6, 6.07) is 20.8. The van der Waals surface area contributed by atoms with Gasteiger partial charge in [0.05, 0.1) is 19.4 Å². The molecule has 1 aliphatic rings. The minimum atomic E-state index is -3.41. The highest BCUT2D eigenvalue weighted by atomic mass is 32.2. The molecule has 3 aromatic rings. The summed E-state index contributed by atoms with van der Waals surface area (Å²) in [7, 11) is -1.83. The topological polar surface area (TPSA) is 96.0 Å². The number of carbonyl (C=O) groups is 2. The summed E-state index contributed by atoms with van der Waals surface area (Å²) < 4.78 is 30.8. The summed E-state index contributed by atoms with van der Waals surface area (Å²) >= 11 is 0. The highest BCUT2D eigenvalue weighted by molar-refractivity contribution is 7.92. The fourth-order valence-electron chi connectivity index (χ4n) is 4.69. The van der Waals surface area contributed by atoms with E-state index in [-0.39, 0.29) is 23.9 Å². The van der Waals surface area contributed by atoms with E-state index < -0.39 is 10.0 Å². The third-order valence-corrected chi connectivity index (χ3v) is 6.82. The number of ether oxygens (including phenoxy) is 1. The lowest BCUT2D eigenvalue weighted by molar-refractivity contribution is -0.117. The SMILES string of the molecule is COc1ccc(C(=O)N2c3ccccc3[C@H](N(C(C)=O)c3ccc(NS(C)(=O)=O)cc3)C[C@@H]2C)cc1. The Hall–Kier alpha value is -3.85. The zero-order valence-electron chi connectivity index (χ0n) is 20.6. The molecule has 0 fully saturated rings. The van der Waals surface area contributed by atoms with Gasteiger partial charge in [-0.25, -0.2) is 8.42 Å². The van der Waals surface area contributed by atoms with Crippen molar-refractivity contribution in [3.63, 3.8) is 0 Å². The zero-order valence-corrected chi connectivity index (χ0v) is 21.5. The Morgan fingerprint density at radius 3 is 2.22 bits per heavy atom. The Kier molecular flexibility index (Phi) is 7.03. The Morgan fingerprint density at radius 1 is 1.00 bits per heavy atom. The first-order valence-electron chi connectivity index (χ1n) is 11.5. The molecule has 3 aromatic carbocycles. The van der Waals surface area contributed by atoms with Gasteiger partial charge in [-0.1, -0.05) is 18.2 Å². The van der Waals surface area contributed by atoms with Crippen molar-refractivity contribution in [3.8, 4) is 5.75 Å². The number of hydrogen-bond acceptors (Lipinski definition) is 5. The number of para-hydroxylation sites is 1. The van der Waals surface area contributed by atoms with E-state index in [1.54, 1.807) is 65.4 Å². The van der Waals surface area contributed by atoms with Crippen LogP contribution in [0.4, 0.5) is 17.1 Å². The van der Waals surface area contributed by atoms with Crippen molar-refractivity contribution >= 4 is 38.9 Å². The number of methoxy groups -OCH3 is 1. The molecule has 0 aliphatic carbocycles. The molecule has 188 valence electrons. The lowest BCUT2D eigenvalue weighted by Crippen LogP contribution is -2.47. The van der Waals surface area contributed by atoms with Crippen LogP contribution in [0.1, 0.15) is 42.2 Å². The molecule has 0 aromatic heterocycles. The first-order valence-corrected chi connectivity index (χ1v) is 13.4. The van der Waals surface area contributed by atoms with Crippen LogP contribution in [0.2, 0.25) is 0 Å². The molecule has 0 bridgehead atoms. The van der Waals surface area contributed by atoms with Gasteiger partial charge >= 0.3 is 0 Å². The minimum Gasteiger partial charge on any atom is -0.497 e. The van der Waals surface area contributed by atoms with E-state index in [2.05, 4.69) is 4.72 Å². The second kappa shape index (κ2) is 10.0.